The molecule has 10 heteroatoms. The predicted molar refractivity (Wildman–Crippen MR) is 124 cm³/mol. The summed E-state index contributed by atoms with van der Waals surface area (Å²) in [5.41, 5.74) is 0.890. The van der Waals surface area contributed by atoms with Crippen molar-refractivity contribution in [2.75, 3.05) is 6.61 Å². The van der Waals surface area contributed by atoms with Crippen molar-refractivity contribution < 1.29 is 33.5 Å². The quantitative estimate of drug-likeness (QED) is 0.262. The number of amides is 2. The van der Waals surface area contributed by atoms with E-state index in [4.69, 9.17) is 9.47 Å². The van der Waals surface area contributed by atoms with Crippen LogP contribution in [0.3, 0.4) is 0 Å². The summed E-state index contributed by atoms with van der Waals surface area (Å²) in [6, 6.07) is 7.56. The van der Waals surface area contributed by atoms with Crippen LogP contribution in [0.1, 0.15) is 65.9 Å². The predicted octanol–water partition coefficient (Wildman–Crippen LogP) is 5.29. The van der Waals surface area contributed by atoms with Crippen LogP contribution in [-0.4, -0.2) is 40.4 Å². The van der Waals surface area contributed by atoms with Gasteiger partial charge in [0, 0.05) is 24.7 Å². The molecule has 0 saturated carbocycles. The van der Waals surface area contributed by atoms with Gasteiger partial charge in [-0.3, -0.25) is 19.2 Å². The molecule has 0 atom stereocenters. The van der Waals surface area contributed by atoms with Crippen LogP contribution in [0.5, 0.6) is 0 Å². The van der Waals surface area contributed by atoms with Gasteiger partial charge in [-0.05, 0) is 31.5 Å². The van der Waals surface area contributed by atoms with Crippen molar-refractivity contribution in [2.24, 2.45) is 0 Å². The van der Waals surface area contributed by atoms with E-state index in [1.807, 2.05) is 38.1 Å². The molecule has 1 aliphatic rings. The monoisotopic (exact) mass is 485 g/mol. The van der Waals surface area contributed by atoms with E-state index < -0.39 is 22.7 Å². The number of hydroxylamine groups is 2. The number of carbonyl (C=O) groups is 4. The second kappa shape index (κ2) is 14.1. The van der Waals surface area contributed by atoms with E-state index in [2.05, 4.69) is 18.7 Å². The summed E-state index contributed by atoms with van der Waals surface area (Å²) < 4.78 is 9.53. The van der Waals surface area contributed by atoms with Gasteiger partial charge in [0.25, 0.3) is 11.8 Å². The normalized spacial score (nSPS) is 13.3. The zero-order valence-electron chi connectivity index (χ0n) is 19.2. The second-order valence-corrected chi connectivity index (χ2v) is 10.5. The molecule has 1 aromatic carbocycles. The largest absolute Gasteiger partial charge is 0.534 e. The minimum Gasteiger partial charge on any atom is -0.461 e. The molecule has 8 nitrogen and oxygen atoms in total. The molecule has 0 bridgehead atoms. The fourth-order valence-corrected chi connectivity index (χ4v) is 4.12. The van der Waals surface area contributed by atoms with E-state index in [1.165, 1.54) is 41.4 Å². The van der Waals surface area contributed by atoms with E-state index >= 15 is 0 Å². The van der Waals surface area contributed by atoms with Crippen LogP contribution in [0.4, 0.5) is 4.79 Å². The third-order valence-electron chi connectivity index (χ3n) is 3.94. The summed E-state index contributed by atoms with van der Waals surface area (Å²) in [6.07, 6.45) is 1.62. The molecular formula is C22H31NO7S2. The Kier molecular flexibility index (Phi) is 12.2. The molecule has 0 unspecified atom stereocenters. The average Bonchev–Trinajstić information content (AvgIpc) is 3.08. The van der Waals surface area contributed by atoms with Gasteiger partial charge in [0.15, 0.2) is 0 Å². The molecule has 178 valence electrons. The highest BCUT2D eigenvalue weighted by atomic mass is 33.1. The smallest absolute Gasteiger partial charge is 0.461 e. The Labute approximate surface area is 197 Å². The van der Waals surface area contributed by atoms with Crippen LogP contribution < -0.4 is 0 Å². The zero-order valence-corrected chi connectivity index (χ0v) is 20.8. The lowest BCUT2D eigenvalue weighted by molar-refractivity contribution is -0.177. The van der Waals surface area contributed by atoms with Crippen molar-refractivity contribution >= 4 is 45.5 Å². The topological polar surface area (TPSA) is 99.2 Å². The lowest BCUT2D eigenvalue weighted by Crippen LogP contribution is -2.34. The summed E-state index contributed by atoms with van der Waals surface area (Å²) in [4.78, 5) is 51.0. The third kappa shape index (κ3) is 10.9. The molecular weight excluding hydrogens is 454 g/mol. The standard InChI is InChI=1S/C18H21NO7S2.C4H10/c1-12(20)24-10-13-4-6-14(7-5-13)27-28-18(2,3)11-25-17(23)26-19-15(21)8-9-16(19)22;1-3-4-2/h4-7H,8-11H2,1-3H3;3-4H2,1-2H3. The number of imide groups is 1. The van der Waals surface area contributed by atoms with Crippen molar-refractivity contribution in [2.45, 2.75) is 76.6 Å². The molecule has 1 aliphatic heterocycles. The maximum atomic E-state index is 11.7. The number of esters is 1. The average molecular weight is 486 g/mol. The number of carbonyl (C=O) groups excluding carboxylic acids is 4. The van der Waals surface area contributed by atoms with Crippen LogP contribution in [0.2, 0.25) is 0 Å². The first-order valence-corrected chi connectivity index (χ1v) is 12.5. The van der Waals surface area contributed by atoms with Gasteiger partial charge in [0.1, 0.15) is 13.2 Å². The molecule has 0 aromatic heterocycles. The summed E-state index contributed by atoms with van der Waals surface area (Å²) in [5, 5.41) is 0.453. The van der Waals surface area contributed by atoms with Crippen LogP contribution in [0.15, 0.2) is 29.2 Å². The van der Waals surface area contributed by atoms with Gasteiger partial charge in [-0.25, -0.2) is 4.79 Å². The number of hydrogen-bond acceptors (Lipinski definition) is 9. The van der Waals surface area contributed by atoms with Gasteiger partial charge < -0.3 is 9.47 Å². The number of hydrogen-bond donors (Lipinski definition) is 0. The van der Waals surface area contributed by atoms with E-state index in [-0.39, 0.29) is 32.0 Å². The Hall–Kier alpha value is -2.20. The van der Waals surface area contributed by atoms with Gasteiger partial charge >= 0.3 is 12.1 Å². The van der Waals surface area contributed by atoms with Gasteiger partial charge in [-0.2, -0.15) is 0 Å². The Morgan fingerprint density at radius 3 is 2.06 bits per heavy atom. The lowest BCUT2D eigenvalue weighted by Gasteiger charge is -2.23. The van der Waals surface area contributed by atoms with E-state index in [0.29, 0.717) is 5.06 Å². The van der Waals surface area contributed by atoms with Gasteiger partial charge in [0.2, 0.25) is 0 Å². The molecule has 1 saturated heterocycles. The fourth-order valence-electron chi connectivity index (χ4n) is 2.00. The number of ether oxygens (including phenoxy) is 2. The second-order valence-electron chi connectivity index (χ2n) is 7.56. The van der Waals surface area contributed by atoms with E-state index in [1.54, 1.807) is 0 Å². The van der Waals surface area contributed by atoms with E-state index in [9.17, 15) is 19.2 Å². The van der Waals surface area contributed by atoms with Crippen molar-refractivity contribution in [3.05, 3.63) is 29.8 Å². The summed E-state index contributed by atoms with van der Waals surface area (Å²) in [6.45, 7) is 9.77. The van der Waals surface area contributed by atoms with Gasteiger partial charge in [-0.1, -0.05) is 65.5 Å². The summed E-state index contributed by atoms with van der Waals surface area (Å²) >= 11 is 0. The van der Waals surface area contributed by atoms with Crippen molar-refractivity contribution in [3.8, 4) is 0 Å². The Bertz CT molecular complexity index is 763. The van der Waals surface area contributed by atoms with Crippen LogP contribution in [0, 0.1) is 0 Å². The highest BCUT2D eigenvalue weighted by Crippen LogP contribution is 2.41. The minimum absolute atomic E-state index is 0.0315. The highest BCUT2D eigenvalue weighted by Gasteiger charge is 2.34. The Morgan fingerprint density at radius 2 is 1.56 bits per heavy atom. The first kappa shape index (κ1) is 27.8. The van der Waals surface area contributed by atoms with Gasteiger partial charge in [-0.15, -0.1) is 0 Å². The van der Waals surface area contributed by atoms with Crippen LogP contribution >= 0.6 is 21.6 Å². The Balaban J connectivity index is 0.00000118. The molecule has 1 aromatic rings. The number of unbranched alkanes of at least 4 members (excludes halogenated alkanes) is 1. The Morgan fingerprint density at radius 1 is 1.00 bits per heavy atom. The summed E-state index contributed by atoms with van der Waals surface area (Å²) in [5.74, 6) is -1.43. The van der Waals surface area contributed by atoms with Crippen LogP contribution in [0.25, 0.3) is 0 Å². The molecule has 0 spiro atoms. The molecule has 0 radical (unpaired) electrons. The number of nitrogens with zero attached hydrogens (tertiary/aromatic N) is 1. The molecule has 1 fully saturated rings. The molecule has 2 amide bonds. The molecule has 32 heavy (non-hydrogen) atoms. The minimum atomic E-state index is -1.09. The number of rotatable bonds is 9. The van der Waals surface area contributed by atoms with Gasteiger partial charge in [0.05, 0.1) is 4.75 Å². The molecule has 2 rings (SSSR count). The molecule has 0 N–H and O–H groups in total. The molecule has 0 aliphatic carbocycles. The first-order chi connectivity index (χ1) is 15.1. The fraction of sp³-hybridized carbons (Fsp3) is 0.545. The first-order valence-electron chi connectivity index (χ1n) is 10.4. The maximum Gasteiger partial charge on any atom is 0.534 e. The highest BCUT2D eigenvalue weighted by molar-refractivity contribution is 8.77. The van der Waals surface area contributed by atoms with Crippen molar-refractivity contribution in [1.29, 1.82) is 0 Å². The van der Waals surface area contributed by atoms with Crippen LogP contribution in [-0.2, 0) is 35.3 Å². The maximum absolute atomic E-state index is 11.7. The van der Waals surface area contributed by atoms with Crippen molar-refractivity contribution in [3.63, 3.8) is 0 Å². The zero-order chi connectivity index (χ0) is 24.1. The SMILES string of the molecule is CC(=O)OCc1ccc(SSC(C)(C)COC(=O)ON2C(=O)CCC2=O)cc1.CCCC. The lowest BCUT2D eigenvalue weighted by atomic mass is 10.2. The molecule has 1 heterocycles. The van der Waals surface area contributed by atoms with Crippen molar-refractivity contribution in [1.82, 2.24) is 5.06 Å². The summed E-state index contributed by atoms with van der Waals surface area (Å²) in [7, 11) is 3.00. The third-order valence-corrected chi connectivity index (χ3v) is 7.24. The number of benzene rings is 1. The van der Waals surface area contributed by atoms with E-state index in [0.717, 1.165) is 10.5 Å².